The summed E-state index contributed by atoms with van der Waals surface area (Å²) in [6.45, 7) is 8.23. The van der Waals surface area contributed by atoms with E-state index in [2.05, 4.69) is 44.3 Å². The summed E-state index contributed by atoms with van der Waals surface area (Å²) in [5, 5.41) is 3.19. The molecule has 1 atom stereocenters. The van der Waals surface area contributed by atoms with Gasteiger partial charge in [-0.2, -0.15) is 0 Å². The van der Waals surface area contributed by atoms with Crippen molar-refractivity contribution in [2.45, 2.75) is 52.2 Å². The number of hydrogen-bond acceptors (Lipinski definition) is 2. The number of benzene rings is 2. The summed E-state index contributed by atoms with van der Waals surface area (Å²) in [6, 6.07) is 14.3. The average Bonchev–Trinajstić information content (AvgIpc) is 2.48. The van der Waals surface area contributed by atoms with Crippen LogP contribution in [0.3, 0.4) is 0 Å². The zero-order chi connectivity index (χ0) is 17.3. The highest BCUT2D eigenvalue weighted by molar-refractivity contribution is 5.79. The molecule has 24 heavy (non-hydrogen) atoms. The molecule has 0 bridgehead atoms. The first-order chi connectivity index (χ1) is 11.3. The third-order valence-corrected chi connectivity index (χ3v) is 4.45. The Morgan fingerprint density at radius 3 is 2.50 bits per heavy atom. The maximum atomic E-state index is 12.5. The van der Waals surface area contributed by atoms with Gasteiger partial charge in [-0.25, -0.2) is 0 Å². The van der Waals surface area contributed by atoms with Crippen molar-refractivity contribution in [2.24, 2.45) is 0 Å². The van der Waals surface area contributed by atoms with Gasteiger partial charge in [0.1, 0.15) is 11.4 Å². The summed E-state index contributed by atoms with van der Waals surface area (Å²) in [4.78, 5) is 12.5. The van der Waals surface area contributed by atoms with Crippen LogP contribution < -0.4 is 10.1 Å². The van der Waals surface area contributed by atoms with E-state index in [4.69, 9.17) is 4.74 Å². The van der Waals surface area contributed by atoms with E-state index in [1.807, 2.05) is 31.2 Å². The van der Waals surface area contributed by atoms with E-state index < -0.39 is 0 Å². The molecule has 3 nitrogen and oxygen atoms in total. The summed E-state index contributed by atoms with van der Waals surface area (Å²) < 4.78 is 6.09. The maximum absolute atomic E-state index is 12.5. The topological polar surface area (TPSA) is 38.3 Å². The number of nitrogens with one attached hydrogen (secondary N) is 1. The summed E-state index contributed by atoms with van der Waals surface area (Å²) in [7, 11) is 0. The lowest BCUT2D eigenvalue weighted by Gasteiger charge is -2.38. The van der Waals surface area contributed by atoms with Crippen molar-refractivity contribution in [3.63, 3.8) is 0 Å². The Hall–Kier alpha value is -2.29. The lowest BCUT2D eigenvalue weighted by Crippen LogP contribution is -2.41. The van der Waals surface area contributed by atoms with Crippen LogP contribution in [0.1, 0.15) is 48.6 Å². The minimum atomic E-state index is -0.289. The highest BCUT2D eigenvalue weighted by Crippen LogP contribution is 2.39. The standard InChI is InChI=1S/C21H25NO2/c1-14-5-8-16(9-6-14)12-20(23)22-18-13-21(3,4)24-19-11-15(2)7-10-17(18)19/h5-11,18H,12-13H2,1-4H3,(H,22,23). The number of ether oxygens (including phenoxy) is 1. The van der Waals surface area contributed by atoms with Gasteiger partial charge in [0.25, 0.3) is 0 Å². The fourth-order valence-electron chi connectivity index (χ4n) is 3.22. The van der Waals surface area contributed by atoms with Gasteiger partial charge in [0, 0.05) is 12.0 Å². The second kappa shape index (κ2) is 6.31. The molecular weight excluding hydrogens is 298 g/mol. The third-order valence-electron chi connectivity index (χ3n) is 4.45. The number of amides is 1. The van der Waals surface area contributed by atoms with Crippen LogP contribution in [0.25, 0.3) is 0 Å². The van der Waals surface area contributed by atoms with Crippen molar-refractivity contribution < 1.29 is 9.53 Å². The molecule has 1 heterocycles. The average molecular weight is 323 g/mol. The van der Waals surface area contributed by atoms with Crippen molar-refractivity contribution in [1.82, 2.24) is 5.32 Å². The van der Waals surface area contributed by atoms with Gasteiger partial charge in [0.15, 0.2) is 0 Å². The van der Waals surface area contributed by atoms with Crippen LogP contribution in [0, 0.1) is 13.8 Å². The molecule has 2 aromatic carbocycles. The molecule has 0 aliphatic carbocycles. The highest BCUT2D eigenvalue weighted by atomic mass is 16.5. The SMILES string of the molecule is Cc1ccc(CC(=O)NC2CC(C)(C)Oc3cc(C)ccc32)cc1. The van der Waals surface area contributed by atoms with Gasteiger partial charge in [-0.1, -0.05) is 42.0 Å². The Morgan fingerprint density at radius 2 is 1.79 bits per heavy atom. The summed E-state index contributed by atoms with van der Waals surface area (Å²) in [5.41, 5.74) is 4.18. The molecule has 1 aliphatic heterocycles. The van der Waals surface area contributed by atoms with Crippen molar-refractivity contribution in [2.75, 3.05) is 0 Å². The van der Waals surface area contributed by atoms with Gasteiger partial charge in [-0.15, -0.1) is 0 Å². The molecule has 1 amide bonds. The normalized spacial score (nSPS) is 18.4. The Kier molecular flexibility index (Phi) is 4.35. The largest absolute Gasteiger partial charge is 0.487 e. The zero-order valence-electron chi connectivity index (χ0n) is 14.8. The van der Waals surface area contributed by atoms with Crippen molar-refractivity contribution in [3.8, 4) is 5.75 Å². The number of fused-ring (bicyclic) bond motifs is 1. The van der Waals surface area contributed by atoms with Crippen LogP contribution in [0.4, 0.5) is 0 Å². The van der Waals surface area contributed by atoms with Crippen molar-refractivity contribution in [1.29, 1.82) is 0 Å². The molecular formula is C21H25NO2. The maximum Gasteiger partial charge on any atom is 0.224 e. The second-order valence-corrected chi connectivity index (χ2v) is 7.39. The molecule has 0 aromatic heterocycles. The summed E-state index contributed by atoms with van der Waals surface area (Å²) in [6.07, 6.45) is 1.17. The Morgan fingerprint density at radius 1 is 1.12 bits per heavy atom. The molecule has 0 spiro atoms. The molecule has 1 unspecified atom stereocenters. The number of carbonyl (C=O) groups is 1. The highest BCUT2D eigenvalue weighted by Gasteiger charge is 2.34. The van der Waals surface area contributed by atoms with E-state index in [0.29, 0.717) is 6.42 Å². The van der Waals surface area contributed by atoms with Crippen LogP contribution in [0.2, 0.25) is 0 Å². The van der Waals surface area contributed by atoms with Crippen molar-refractivity contribution >= 4 is 5.91 Å². The molecule has 3 heteroatoms. The van der Waals surface area contributed by atoms with Gasteiger partial charge < -0.3 is 10.1 Å². The zero-order valence-corrected chi connectivity index (χ0v) is 14.8. The van der Waals surface area contributed by atoms with Gasteiger partial charge in [0.05, 0.1) is 12.5 Å². The van der Waals surface area contributed by atoms with E-state index in [9.17, 15) is 4.79 Å². The van der Waals surface area contributed by atoms with Crippen LogP contribution >= 0.6 is 0 Å². The number of hydrogen-bond donors (Lipinski definition) is 1. The Balaban J connectivity index is 1.76. The number of aryl methyl sites for hydroxylation is 2. The van der Waals surface area contributed by atoms with Crippen LogP contribution in [-0.4, -0.2) is 11.5 Å². The van der Waals surface area contributed by atoms with Crippen LogP contribution in [-0.2, 0) is 11.2 Å². The first kappa shape index (κ1) is 16.6. The number of rotatable bonds is 3. The monoisotopic (exact) mass is 323 g/mol. The predicted octanol–water partition coefficient (Wildman–Crippen LogP) is 4.26. The minimum absolute atomic E-state index is 0.0118. The van der Waals surface area contributed by atoms with Crippen LogP contribution in [0.5, 0.6) is 5.75 Å². The lowest BCUT2D eigenvalue weighted by molar-refractivity contribution is -0.121. The van der Waals surface area contributed by atoms with Crippen molar-refractivity contribution in [3.05, 3.63) is 64.7 Å². The van der Waals surface area contributed by atoms with E-state index in [1.54, 1.807) is 0 Å². The van der Waals surface area contributed by atoms with Gasteiger partial charge in [-0.05, 0) is 44.9 Å². The molecule has 0 saturated heterocycles. The molecule has 126 valence electrons. The molecule has 2 aromatic rings. The first-order valence-corrected chi connectivity index (χ1v) is 8.47. The lowest BCUT2D eigenvalue weighted by atomic mass is 9.89. The smallest absolute Gasteiger partial charge is 0.224 e. The molecule has 0 fully saturated rings. The quantitative estimate of drug-likeness (QED) is 0.916. The van der Waals surface area contributed by atoms with Gasteiger partial charge in [-0.3, -0.25) is 4.79 Å². The predicted molar refractivity (Wildman–Crippen MR) is 96.3 cm³/mol. The Bertz CT molecular complexity index is 747. The van der Waals surface area contributed by atoms with Crippen LogP contribution in [0.15, 0.2) is 42.5 Å². The summed E-state index contributed by atoms with van der Waals surface area (Å²) in [5.74, 6) is 0.931. The number of carbonyl (C=O) groups excluding carboxylic acids is 1. The van der Waals surface area contributed by atoms with E-state index in [0.717, 1.165) is 28.9 Å². The van der Waals surface area contributed by atoms with E-state index in [-0.39, 0.29) is 17.6 Å². The minimum Gasteiger partial charge on any atom is -0.487 e. The molecule has 3 rings (SSSR count). The second-order valence-electron chi connectivity index (χ2n) is 7.39. The van der Waals surface area contributed by atoms with Gasteiger partial charge >= 0.3 is 0 Å². The molecule has 1 aliphatic rings. The fourth-order valence-corrected chi connectivity index (χ4v) is 3.22. The molecule has 0 saturated carbocycles. The van der Waals surface area contributed by atoms with E-state index in [1.165, 1.54) is 5.56 Å². The fraction of sp³-hybridized carbons (Fsp3) is 0.381. The summed E-state index contributed by atoms with van der Waals surface area (Å²) >= 11 is 0. The van der Waals surface area contributed by atoms with E-state index >= 15 is 0 Å². The first-order valence-electron chi connectivity index (χ1n) is 8.47. The molecule has 1 N–H and O–H groups in total. The third kappa shape index (κ3) is 3.78. The van der Waals surface area contributed by atoms with Gasteiger partial charge in [0.2, 0.25) is 5.91 Å². The Labute approximate surface area is 144 Å². The molecule has 0 radical (unpaired) electrons.